The number of benzene rings is 2. The molecule has 6 aromatic heterocycles. The van der Waals surface area contributed by atoms with Gasteiger partial charge in [-0.25, -0.2) is 29.9 Å². The van der Waals surface area contributed by atoms with Crippen LogP contribution in [-0.4, -0.2) is 50.5 Å². The van der Waals surface area contributed by atoms with E-state index in [2.05, 4.69) is 19.9 Å². The van der Waals surface area contributed by atoms with Crippen LogP contribution in [0.15, 0.2) is 105 Å². The second kappa shape index (κ2) is 11.2. The maximum Gasteiger partial charge on any atom is 0.276 e. The molecule has 0 spiro atoms. The lowest BCUT2D eigenvalue weighted by Crippen LogP contribution is -2.21. The summed E-state index contributed by atoms with van der Waals surface area (Å²) in [6, 6.07) is 19.0. The van der Waals surface area contributed by atoms with Gasteiger partial charge in [-0.2, -0.15) is 0 Å². The molecule has 44 heavy (non-hydrogen) atoms. The average molecular weight is 651 g/mol. The van der Waals surface area contributed by atoms with Crippen molar-refractivity contribution < 1.29 is 0 Å². The number of para-hydroxylation sites is 2. The fraction of sp³-hybridized carbons (Fsp3) is 0.0667. The van der Waals surface area contributed by atoms with Crippen LogP contribution in [0.4, 0.5) is 0 Å². The molecule has 0 N–H and O–H groups in total. The molecule has 2 aromatic carbocycles. The summed E-state index contributed by atoms with van der Waals surface area (Å²) in [5.74, 6) is 1.19. The van der Waals surface area contributed by atoms with E-state index >= 15 is 0 Å². The Bertz CT molecular complexity index is 2280. The van der Waals surface area contributed by atoms with Crippen molar-refractivity contribution in [3.63, 3.8) is 0 Å². The zero-order valence-electron chi connectivity index (χ0n) is 22.5. The Labute approximate surface area is 264 Å². The summed E-state index contributed by atoms with van der Waals surface area (Å²) < 4.78 is 4.33. The van der Waals surface area contributed by atoms with E-state index in [1.54, 1.807) is 33.9 Å². The van der Waals surface area contributed by atoms with Crippen LogP contribution in [0.5, 0.6) is 0 Å². The zero-order valence-corrected chi connectivity index (χ0v) is 25.8. The van der Waals surface area contributed by atoms with Gasteiger partial charge in [0.15, 0.2) is 10.3 Å². The predicted octanol–water partition coefficient (Wildman–Crippen LogP) is 5.98. The Kier molecular flexibility index (Phi) is 6.90. The summed E-state index contributed by atoms with van der Waals surface area (Å²) in [5.41, 5.74) is 3.51. The maximum absolute atomic E-state index is 13.8. The third-order valence-electron chi connectivity index (χ3n) is 6.77. The minimum atomic E-state index is -0.156. The number of nitrogens with zero attached hydrogens (tertiary/aromatic N) is 8. The summed E-state index contributed by atoms with van der Waals surface area (Å²) in [6.07, 6.45) is 6.46. The quantitative estimate of drug-likeness (QED) is 0.116. The summed E-state index contributed by atoms with van der Waals surface area (Å²) in [5, 5.41) is 1.12. The van der Waals surface area contributed by atoms with Gasteiger partial charge in [0.25, 0.3) is 11.1 Å². The number of hydrogen-bond acceptors (Lipinski definition) is 12. The Morgan fingerprint density at radius 3 is 1.39 bits per heavy atom. The molecular formula is C30H18N8O2S4. The van der Waals surface area contributed by atoms with Crippen molar-refractivity contribution in [1.82, 2.24) is 39.0 Å². The minimum absolute atomic E-state index is 0.156. The van der Waals surface area contributed by atoms with E-state index in [9.17, 15) is 9.59 Å². The molecule has 0 atom stereocenters. The van der Waals surface area contributed by atoms with E-state index in [1.165, 1.54) is 46.2 Å². The molecule has 0 aliphatic heterocycles. The van der Waals surface area contributed by atoms with Gasteiger partial charge in [0, 0.05) is 36.3 Å². The molecule has 0 aliphatic carbocycles. The Balaban J connectivity index is 1.17. The SMILES string of the molecule is O=c1c2sc3nccnc3c2nc(SCCSc2nc3c(sc4nccnc43)c(=O)n2-c2ccccc2)n1-c1ccccc1. The van der Waals surface area contributed by atoms with Crippen LogP contribution in [0.25, 0.3) is 52.5 Å². The van der Waals surface area contributed by atoms with Crippen LogP contribution < -0.4 is 11.1 Å². The highest BCUT2D eigenvalue weighted by atomic mass is 32.2. The molecule has 0 amide bonds. The van der Waals surface area contributed by atoms with E-state index < -0.39 is 0 Å². The second-order valence-corrected chi connectivity index (χ2v) is 13.5. The fourth-order valence-corrected chi connectivity index (χ4v) is 8.78. The molecule has 0 bridgehead atoms. The van der Waals surface area contributed by atoms with E-state index in [0.717, 1.165) is 11.4 Å². The van der Waals surface area contributed by atoms with Crippen molar-refractivity contribution in [2.45, 2.75) is 10.3 Å². The molecule has 0 unspecified atom stereocenters. The highest BCUT2D eigenvalue weighted by molar-refractivity contribution is 8.02. The van der Waals surface area contributed by atoms with Crippen molar-refractivity contribution in [3.8, 4) is 11.4 Å². The Morgan fingerprint density at radius 2 is 0.955 bits per heavy atom. The highest BCUT2D eigenvalue weighted by Gasteiger charge is 2.21. The summed E-state index contributed by atoms with van der Waals surface area (Å²) >= 11 is 5.54. The summed E-state index contributed by atoms with van der Waals surface area (Å²) in [7, 11) is 0. The average Bonchev–Trinajstić information content (AvgIpc) is 3.63. The van der Waals surface area contributed by atoms with Crippen LogP contribution in [0.3, 0.4) is 0 Å². The largest absolute Gasteiger partial charge is 0.276 e. The van der Waals surface area contributed by atoms with Crippen molar-refractivity contribution in [2.24, 2.45) is 0 Å². The van der Waals surface area contributed by atoms with Crippen LogP contribution in [0.1, 0.15) is 0 Å². The lowest BCUT2D eigenvalue weighted by atomic mass is 10.3. The minimum Gasteiger partial charge on any atom is -0.267 e. The van der Waals surface area contributed by atoms with Crippen molar-refractivity contribution in [1.29, 1.82) is 0 Å². The van der Waals surface area contributed by atoms with Gasteiger partial charge in [0.1, 0.15) is 41.1 Å². The zero-order chi connectivity index (χ0) is 29.6. The number of thioether (sulfide) groups is 2. The first-order chi connectivity index (χ1) is 21.7. The van der Waals surface area contributed by atoms with Crippen molar-refractivity contribution in [2.75, 3.05) is 11.5 Å². The van der Waals surface area contributed by atoms with E-state index in [-0.39, 0.29) is 11.1 Å². The van der Waals surface area contributed by atoms with Gasteiger partial charge in [-0.05, 0) is 24.3 Å². The molecule has 214 valence electrons. The first-order valence-electron chi connectivity index (χ1n) is 13.4. The molecule has 8 rings (SSSR count). The summed E-state index contributed by atoms with van der Waals surface area (Å²) in [4.78, 5) is 56.5. The van der Waals surface area contributed by atoms with Crippen molar-refractivity contribution >= 4 is 87.3 Å². The number of fused-ring (bicyclic) bond motifs is 6. The third-order valence-corrected chi connectivity index (χ3v) is 11.0. The van der Waals surface area contributed by atoms with Gasteiger partial charge in [0.2, 0.25) is 0 Å². The summed E-state index contributed by atoms with van der Waals surface area (Å²) in [6.45, 7) is 0. The lowest BCUT2D eigenvalue weighted by Gasteiger charge is -2.13. The first-order valence-corrected chi connectivity index (χ1v) is 17.0. The van der Waals surface area contributed by atoms with Crippen LogP contribution in [-0.2, 0) is 0 Å². The van der Waals surface area contributed by atoms with E-state index in [1.807, 2.05) is 60.7 Å². The van der Waals surface area contributed by atoms with Gasteiger partial charge in [0.05, 0.1) is 11.4 Å². The van der Waals surface area contributed by atoms with Crippen molar-refractivity contribution in [3.05, 3.63) is 106 Å². The molecule has 6 heterocycles. The van der Waals surface area contributed by atoms with Gasteiger partial charge >= 0.3 is 0 Å². The molecule has 0 aliphatic rings. The number of rotatable bonds is 7. The smallest absolute Gasteiger partial charge is 0.267 e. The third kappa shape index (κ3) is 4.57. The Morgan fingerprint density at radius 1 is 0.545 bits per heavy atom. The molecule has 10 nitrogen and oxygen atoms in total. The standard InChI is InChI=1S/C30H18N8O2S4/c39-27-23-19(21-25(43-23)33-13-11-31-21)35-29(37(27)17-7-3-1-4-8-17)41-15-16-42-30-36-20-22-26(34-14-12-32-22)44-24(20)28(40)38(30)18-9-5-2-6-10-18/h1-14H,15-16H2. The molecule has 0 radical (unpaired) electrons. The topological polar surface area (TPSA) is 121 Å². The van der Waals surface area contributed by atoms with Crippen LogP contribution in [0.2, 0.25) is 0 Å². The highest BCUT2D eigenvalue weighted by Crippen LogP contribution is 2.32. The number of aromatic nitrogens is 8. The van der Waals surface area contributed by atoms with Gasteiger partial charge in [-0.15, -0.1) is 22.7 Å². The predicted molar refractivity (Wildman–Crippen MR) is 178 cm³/mol. The van der Waals surface area contributed by atoms with Gasteiger partial charge in [-0.3, -0.25) is 18.7 Å². The van der Waals surface area contributed by atoms with Gasteiger partial charge in [-0.1, -0.05) is 59.9 Å². The Hall–Kier alpha value is -4.50. The van der Waals surface area contributed by atoms with E-state index in [4.69, 9.17) is 9.97 Å². The number of hydrogen-bond donors (Lipinski definition) is 0. The van der Waals surface area contributed by atoms with Gasteiger partial charge < -0.3 is 0 Å². The molecule has 0 saturated heterocycles. The first kappa shape index (κ1) is 27.1. The lowest BCUT2D eigenvalue weighted by molar-refractivity contribution is 0.821. The second-order valence-electron chi connectivity index (χ2n) is 9.42. The molecular weight excluding hydrogens is 633 g/mol. The van der Waals surface area contributed by atoms with Crippen LogP contribution in [0, 0.1) is 0 Å². The molecule has 0 saturated carbocycles. The van der Waals surface area contributed by atoms with Crippen LogP contribution >= 0.6 is 46.2 Å². The molecule has 0 fully saturated rings. The molecule has 14 heteroatoms. The fourth-order valence-electron chi connectivity index (χ4n) is 4.86. The van der Waals surface area contributed by atoms with E-state index in [0.29, 0.717) is 62.9 Å². The molecule has 8 aromatic rings. The normalized spacial score (nSPS) is 11.7. The monoisotopic (exact) mass is 650 g/mol. The maximum atomic E-state index is 13.8. The number of thiophene rings is 2.